The van der Waals surface area contributed by atoms with Gasteiger partial charge in [-0.15, -0.1) is 0 Å². The lowest BCUT2D eigenvalue weighted by Crippen LogP contribution is -3.13. The maximum Gasteiger partial charge on any atom is 0.371 e. The molecule has 0 amide bonds. The standard InChI is InChI=1S/C8H16N2O4S/c1-9(7-8(11)12)15(13,14)10-5-3-2-4-6-10/h2-7H2,1H3,(H,11,12). The van der Waals surface area contributed by atoms with Crippen molar-refractivity contribution in [3.05, 3.63) is 0 Å². The van der Waals surface area contributed by atoms with Crippen molar-refractivity contribution in [1.29, 1.82) is 0 Å². The quantitative estimate of drug-likeness (QED) is 0.563. The second kappa shape index (κ2) is 4.91. The number of hydrogen-bond acceptors (Lipinski definition) is 4. The number of hydrogen-bond donors (Lipinski definition) is 1. The molecule has 1 N–H and O–H groups in total. The maximum absolute atomic E-state index is 11.8. The van der Waals surface area contributed by atoms with E-state index in [1.165, 1.54) is 11.4 Å². The molecule has 0 aromatic rings. The van der Waals surface area contributed by atoms with Gasteiger partial charge in [-0.25, -0.2) is 4.31 Å². The van der Waals surface area contributed by atoms with Gasteiger partial charge in [0.05, 0.1) is 13.0 Å². The van der Waals surface area contributed by atoms with Crippen molar-refractivity contribution >= 4 is 16.2 Å². The van der Waals surface area contributed by atoms with E-state index in [1.54, 1.807) is 0 Å². The van der Waals surface area contributed by atoms with Crippen LogP contribution < -0.4 is 9.41 Å². The molecule has 1 atom stereocenters. The molecule has 0 bridgehead atoms. The fraction of sp³-hybridized carbons (Fsp3) is 0.875. The number of likely N-dealkylation sites (N-methyl/N-ethyl adjacent to an activating group) is 1. The number of carboxylic acid groups (broad SMARTS) is 1. The van der Waals surface area contributed by atoms with Gasteiger partial charge in [0.15, 0.2) is 0 Å². The highest BCUT2D eigenvalue weighted by Crippen LogP contribution is 2.09. The van der Waals surface area contributed by atoms with E-state index in [2.05, 4.69) is 0 Å². The highest BCUT2D eigenvalue weighted by atomic mass is 32.2. The molecule has 1 rings (SSSR count). The zero-order chi connectivity index (χ0) is 11.5. The van der Waals surface area contributed by atoms with Gasteiger partial charge in [-0.05, 0) is 12.8 Å². The number of carboxylic acids is 1. The first-order valence-corrected chi connectivity index (χ1v) is 6.41. The maximum atomic E-state index is 11.8. The summed E-state index contributed by atoms with van der Waals surface area (Å²) >= 11 is 0. The van der Waals surface area contributed by atoms with E-state index in [0.29, 0.717) is 13.1 Å². The summed E-state index contributed by atoms with van der Waals surface area (Å²) in [5.74, 6) is -1.35. The van der Waals surface area contributed by atoms with Crippen molar-refractivity contribution in [2.24, 2.45) is 0 Å². The summed E-state index contributed by atoms with van der Waals surface area (Å²) in [6, 6.07) is 0. The van der Waals surface area contributed by atoms with Crippen molar-refractivity contribution in [3.63, 3.8) is 0 Å². The van der Waals surface area contributed by atoms with Crippen LogP contribution in [0.2, 0.25) is 0 Å². The average molecular weight is 236 g/mol. The Morgan fingerprint density at radius 3 is 2.33 bits per heavy atom. The summed E-state index contributed by atoms with van der Waals surface area (Å²) in [4.78, 5) is 10.3. The van der Waals surface area contributed by atoms with E-state index < -0.39 is 22.7 Å². The van der Waals surface area contributed by atoms with Gasteiger partial charge >= 0.3 is 10.2 Å². The number of aliphatic carboxylic acids is 1. The summed E-state index contributed by atoms with van der Waals surface area (Å²) in [7, 11) is -2.19. The molecule has 0 saturated carbocycles. The van der Waals surface area contributed by atoms with Crippen LogP contribution in [0.1, 0.15) is 19.3 Å². The predicted molar refractivity (Wildman–Crippen MR) is 51.1 cm³/mol. The molecule has 1 aliphatic heterocycles. The van der Waals surface area contributed by atoms with Gasteiger partial charge in [-0.1, -0.05) is 6.42 Å². The largest absolute Gasteiger partial charge is 0.544 e. The second-order valence-electron chi connectivity index (χ2n) is 3.72. The van der Waals surface area contributed by atoms with Crippen LogP contribution in [0.15, 0.2) is 0 Å². The van der Waals surface area contributed by atoms with Crippen molar-refractivity contribution < 1.29 is 22.6 Å². The van der Waals surface area contributed by atoms with E-state index in [4.69, 9.17) is 0 Å². The third-order valence-electron chi connectivity index (χ3n) is 2.49. The lowest BCUT2D eigenvalue weighted by Gasteiger charge is -2.27. The average Bonchev–Trinajstić information content (AvgIpc) is 2.18. The zero-order valence-electron chi connectivity index (χ0n) is 8.73. The predicted octanol–water partition coefficient (Wildman–Crippen LogP) is -3.02. The minimum Gasteiger partial charge on any atom is -0.544 e. The molecule has 1 saturated heterocycles. The minimum atomic E-state index is -3.53. The van der Waals surface area contributed by atoms with E-state index in [9.17, 15) is 18.3 Å². The number of rotatable bonds is 4. The number of nitrogens with one attached hydrogen (secondary N) is 1. The van der Waals surface area contributed by atoms with E-state index in [1.807, 2.05) is 0 Å². The molecule has 0 aromatic carbocycles. The first kappa shape index (κ1) is 12.4. The molecule has 88 valence electrons. The smallest absolute Gasteiger partial charge is 0.371 e. The first-order chi connectivity index (χ1) is 6.94. The van der Waals surface area contributed by atoms with Crippen LogP contribution in [0.25, 0.3) is 0 Å². The molecule has 0 aromatic heterocycles. The van der Waals surface area contributed by atoms with Gasteiger partial charge in [-0.2, -0.15) is 12.7 Å². The summed E-state index contributed by atoms with van der Waals surface area (Å²) in [5.41, 5.74) is 0. The normalized spacial score (nSPS) is 21.1. The molecular formula is C8H16N2O4S. The van der Waals surface area contributed by atoms with Crippen molar-refractivity contribution in [3.8, 4) is 0 Å². The minimum absolute atomic E-state index is 0.0376. The Hall–Kier alpha value is -0.660. The molecule has 1 heterocycles. The summed E-state index contributed by atoms with van der Waals surface area (Å²) in [6.07, 6.45) is 2.72. The fourth-order valence-electron chi connectivity index (χ4n) is 1.62. The van der Waals surface area contributed by atoms with Gasteiger partial charge in [0, 0.05) is 13.1 Å². The Morgan fingerprint density at radius 2 is 1.87 bits per heavy atom. The molecule has 7 heteroatoms. The molecule has 0 radical (unpaired) electrons. The van der Waals surface area contributed by atoms with Crippen LogP contribution in [0.5, 0.6) is 0 Å². The Labute approximate surface area is 89.7 Å². The van der Waals surface area contributed by atoms with E-state index >= 15 is 0 Å². The highest BCUT2D eigenvalue weighted by Gasteiger charge is 2.31. The Bertz CT molecular complexity index is 322. The lowest BCUT2D eigenvalue weighted by molar-refractivity contribution is -0.740. The molecule has 15 heavy (non-hydrogen) atoms. The van der Waals surface area contributed by atoms with Crippen LogP contribution >= 0.6 is 0 Å². The summed E-state index contributed by atoms with van der Waals surface area (Å²) in [5, 5.41) is 10.3. The van der Waals surface area contributed by atoms with Crippen molar-refractivity contribution in [2.45, 2.75) is 19.3 Å². The van der Waals surface area contributed by atoms with Crippen LogP contribution in [-0.2, 0) is 15.0 Å². The molecule has 0 spiro atoms. The lowest BCUT2D eigenvalue weighted by atomic mass is 10.2. The monoisotopic (exact) mass is 236 g/mol. The van der Waals surface area contributed by atoms with Crippen LogP contribution in [-0.4, -0.2) is 45.4 Å². The van der Waals surface area contributed by atoms with Crippen molar-refractivity contribution in [2.75, 3.05) is 26.7 Å². The number of carbonyl (C=O) groups excluding carboxylic acids is 1. The second-order valence-corrected chi connectivity index (χ2v) is 5.88. The Balaban J connectivity index is 2.67. The first-order valence-electron chi connectivity index (χ1n) is 4.97. The summed E-state index contributed by atoms with van der Waals surface area (Å²) < 4.78 is 25.0. The summed E-state index contributed by atoms with van der Waals surface area (Å²) in [6.45, 7) is 0.471. The third-order valence-corrected chi connectivity index (χ3v) is 4.56. The highest BCUT2D eigenvalue weighted by molar-refractivity contribution is 7.82. The Morgan fingerprint density at radius 1 is 1.33 bits per heavy atom. The number of quaternary nitrogens is 1. The van der Waals surface area contributed by atoms with Crippen LogP contribution in [0, 0.1) is 0 Å². The fourth-order valence-corrected chi connectivity index (χ4v) is 3.10. The third kappa shape index (κ3) is 3.15. The number of carbonyl (C=O) groups is 1. The topological polar surface area (TPSA) is 82.0 Å². The molecule has 0 aliphatic carbocycles. The van der Waals surface area contributed by atoms with E-state index in [-0.39, 0.29) is 4.31 Å². The van der Waals surface area contributed by atoms with Gasteiger partial charge in [0.25, 0.3) is 0 Å². The van der Waals surface area contributed by atoms with Gasteiger partial charge < -0.3 is 9.90 Å². The molecule has 1 aliphatic rings. The van der Waals surface area contributed by atoms with E-state index in [0.717, 1.165) is 19.3 Å². The van der Waals surface area contributed by atoms with Crippen LogP contribution in [0.4, 0.5) is 0 Å². The van der Waals surface area contributed by atoms with Gasteiger partial charge in [-0.3, -0.25) is 0 Å². The number of nitrogens with zero attached hydrogens (tertiary/aromatic N) is 1. The van der Waals surface area contributed by atoms with Gasteiger partial charge in [0.1, 0.15) is 6.54 Å². The zero-order valence-corrected chi connectivity index (χ0v) is 9.55. The molecule has 1 unspecified atom stereocenters. The molecule has 1 fully saturated rings. The SMILES string of the molecule is C[NH+](CC(=O)[O-])S(=O)(=O)N1CCCCC1. The van der Waals surface area contributed by atoms with Gasteiger partial charge in [0.2, 0.25) is 0 Å². The van der Waals surface area contributed by atoms with Crippen molar-refractivity contribution in [1.82, 2.24) is 4.31 Å². The Kier molecular flexibility index (Phi) is 4.06. The molecular weight excluding hydrogens is 220 g/mol. The molecule has 6 nitrogen and oxygen atoms in total. The van der Waals surface area contributed by atoms with Crippen LogP contribution in [0.3, 0.4) is 0 Å². The number of piperidine rings is 1.